The smallest absolute Gasteiger partial charge is 0.119 e. The molecule has 178 valence electrons. The second-order valence-corrected chi connectivity index (χ2v) is 9.85. The maximum absolute atomic E-state index is 5.90. The zero-order valence-corrected chi connectivity index (χ0v) is 21.1. The maximum atomic E-state index is 5.90. The van der Waals surface area contributed by atoms with E-state index in [0.29, 0.717) is 5.92 Å². The molecule has 0 atom stereocenters. The molecule has 0 saturated heterocycles. The third-order valence-corrected chi connectivity index (χ3v) is 7.07. The summed E-state index contributed by atoms with van der Waals surface area (Å²) in [5.74, 6) is 9.52. The molecular formula is C32H44O. The zero-order valence-electron chi connectivity index (χ0n) is 21.1. The Bertz CT molecular complexity index is 829. The van der Waals surface area contributed by atoms with Crippen LogP contribution in [0.2, 0.25) is 0 Å². The van der Waals surface area contributed by atoms with Crippen molar-refractivity contribution in [2.24, 2.45) is 11.8 Å². The Morgan fingerprint density at radius 3 is 1.97 bits per heavy atom. The molecule has 1 heteroatoms. The van der Waals surface area contributed by atoms with Crippen LogP contribution in [0.15, 0.2) is 48.5 Å². The Morgan fingerprint density at radius 2 is 1.30 bits per heavy atom. The minimum Gasteiger partial charge on any atom is -0.494 e. The predicted molar refractivity (Wildman–Crippen MR) is 143 cm³/mol. The summed E-state index contributed by atoms with van der Waals surface area (Å²) in [6, 6.07) is 17.2. The Balaban J connectivity index is 1.42. The lowest BCUT2D eigenvalue weighted by atomic mass is 9.80. The lowest BCUT2D eigenvalue weighted by Crippen LogP contribution is -2.13. The highest BCUT2D eigenvalue weighted by atomic mass is 16.5. The Morgan fingerprint density at radius 1 is 0.697 bits per heavy atom. The first-order valence-corrected chi connectivity index (χ1v) is 13.6. The Kier molecular flexibility index (Phi) is 11.4. The highest BCUT2D eigenvalue weighted by Gasteiger charge is 2.19. The van der Waals surface area contributed by atoms with Crippen molar-refractivity contribution in [1.29, 1.82) is 0 Å². The van der Waals surface area contributed by atoms with E-state index in [1.807, 2.05) is 0 Å². The molecule has 0 heterocycles. The molecule has 0 aromatic heterocycles. The first kappa shape index (κ1) is 25.4. The fourth-order valence-corrected chi connectivity index (χ4v) is 4.85. The van der Waals surface area contributed by atoms with Crippen LogP contribution in [0.25, 0.3) is 11.1 Å². The van der Waals surface area contributed by atoms with Gasteiger partial charge in [-0.3, -0.25) is 0 Å². The summed E-state index contributed by atoms with van der Waals surface area (Å²) in [7, 11) is 0. The second kappa shape index (κ2) is 14.8. The van der Waals surface area contributed by atoms with E-state index in [0.717, 1.165) is 30.3 Å². The summed E-state index contributed by atoms with van der Waals surface area (Å²) >= 11 is 0. The third-order valence-electron chi connectivity index (χ3n) is 7.07. The molecule has 33 heavy (non-hydrogen) atoms. The lowest BCUT2D eigenvalue weighted by Gasteiger charge is -2.25. The van der Waals surface area contributed by atoms with Crippen LogP contribution in [0.3, 0.4) is 0 Å². The number of unbranched alkanes of at least 4 members (excludes halogenated alkanes) is 6. The van der Waals surface area contributed by atoms with Crippen LogP contribution in [0, 0.1) is 23.7 Å². The van der Waals surface area contributed by atoms with Crippen molar-refractivity contribution in [3.05, 3.63) is 54.1 Å². The van der Waals surface area contributed by atoms with E-state index in [1.54, 1.807) is 0 Å². The SMILES string of the molecule is CCCCCCCOc1ccc(-c2ccc(C#C[C@H]3CC[C@H](CCCCC)CC3)cc2)cc1. The fraction of sp³-hybridized carbons (Fsp3) is 0.562. The topological polar surface area (TPSA) is 9.23 Å². The summed E-state index contributed by atoms with van der Waals surface area (Å²) in [4.78, 5) is 0. The van der Waals surface area contributed by atoms with Crippen LogP contribution in [-0.2, 0) is 0 Å². The quantitative estimate of drug-likeness (QED) is 0.234. The predicted octanol–water partition coefficient (Wildman–Crippen LogP) is 9.44. The number of rotatable bonds is 12. The first-order valence-electron chi connectivity index (χ1n) is 13.6. The largest absolute Gasteiger partial charge is 0.494 e. The molecule has 0 aliphatic heterocycles. The summed E-state index contributed by atoms with van der Waals surface area (Å²) in [6.45, 7) is 5.36. The van der Waals surface area contributed by atoms with E-state index < -0.39 is 0 Å². The fourth-order valence-electron chi connectivity index (χ4n) is 4.85. The number of ether oxygens (including phenoxy) is 1. The average Bonchev–Trinajstić information content (AvgIpc) is 2.86. The van der Waals surface area contributed by atoms with Crippen LogP contribution in [0.4, 0.5) is 0 Å². The van der Waals surface area contributed by atoms with Crippen LogP contribution >= 0.6 is 0 Å². The molecule has 0 spiro atoms. The van der Waals surface area contributed by atoms with Crippen LogP contribution in [-0.4, -0.2) is 6.61 Å². The van der Waals surface area contributed by atoms with E-state index in [1.165, 1.54) is 88.2 Å². The molecule has 1 nitrogen and oxygen atoms in total. The highest BCUT2D eigenvalue weighted by Crippen LogP contribution is 2.31. The molecule has 1 saturated carbocycles. The van der Waals surface area contributed by atoms with Crippen molar-refractivity contribution in [2.45, 2.75) is 97.3 Å². The third kappa shape index (κ3) is 9.29. The number of benzene rings is 2. The number of hydrogen-bond donors (Lipinski definition) is 0. The Labute approximate surface area is 203 Å². The van der Waals surface area contributed by atoms with Gasteiger partial charge in [-0.25, -0.2) is 0 Å². The van der Waals surface area contributed by atoms with Gasteiger partial charge in [0.25, 0.3) is 0 Å². The van der Waals surface area contributed by atoms with Gasteiger partial charge in [-0.2, -0.15) is 0 Å². The molecule has 1 aliphatic carbocycles. The van der Waals surface area contributed by atoms with Gasteiger partial charge < -0.3 is 4.74 Å². The minimum absolute atomic E-state index is 0.589. The molecular weight excluding hydrogens is 400 g/mol. The van der Waals surface area contributed by atoms with Gasteiger partial charge in [0.05, 0.1) is 6.61 Å². The lowest BCUT2D eigenvalue weighted by molar-refractivity contribution is 0.294. The van der Waals surface area contributed by atoms with Crippen molar-refractivity contribution < 1.29 is 4.74 Å². The molecule has 0 N–H and O–H groups in total. The molecule has 0 radical (unpaired) electrons. The first-order chi connectivity index (χ1) is 16.3. The van der Waals surface area contributed by atoms with Gasteiger partial charge in [0, 0.05) is 11.5 Å². The van der Waals surface area contributed by atoms with E-state index >= 15 is 0 Å². The molecule has 1 aliphatic rings. The molecule has 0 bridgehead atoms. The molecule has 2 aromatic rings. The van der Waals surface area contributed by atoms with E-state index in [4.69, 9.17) is 4.74 Å². The second-order valence-electron chi connectivity index (χ2n) is 9.85. The maximum Gasteiger partial charge on any atom is 0.119 e. The summed E-state index contributed by atoms with van der Waals surface area (Å²) in [6.07, 6.45) is 17.2. The van der Waals surface area contributed by atoms with Gasteiger partial charge in [-0.05, 0) is 73.4 Å². The van der Waals surface area contributed by atoms with Crippen molar-refractivity contribution in [1.82, 2.24) is 0 Å². The van der Waals surface area contributed by atoms with Crippen LogP contribution in [0.5, 0.6) is 5.75 Å². The molecule has 0 amide bonds. The molecule has 2 aromatic carbocycles. The zero-order chi connectivity index (χ0) is 23.1. The normalized spacial score (nSPS) is 17.9. The minimum atomic E-state index is 0.589. The Hall–Kier alpha value is -2.20. The van der Waals surface area contributed by atoms with Gasteiger partial charge in [-0.15, -0.1) is 0 Å². The van der Waals surface area contributed by atoms with Crippen molar-refractivity contribution in [3.8, 4) is 28.7 Å². The van der Waals surface area contributed by atoms with Crippen molar-refractivity contribution in [3.63, 3.8) is 0 Å². The van der Waals surface area contributed by atoms with E-state index in [2.05, 4.69) is 74.2 Å². The van der Waals surface area contributed by atoms with Crippen LogP contribution in [0.1, 0.15) is 103 Å². The van der Waals surface area contributed by atoms with Gasteiger partial charge >= 0.3 is 0 Å². The summed E-state index contributed by atoms with van der Waals surface area (Å²) < 4.78 is 5.90. The molecule has 0 unspecified atom stereocenters. The monoisotopic (exact) mass is 444 g/mol. The van der Waals surface area contributed by atoms with Crippen molar-refractivity contribution in [2.75, 3.05) is 6.61 Å². The average molecular weight is 445 g/mol. The van der Waals surface area contributed by atoms with E-state index in [-0.39, 0.29) is 0 Å². The summed E-state index contributed by atoms with van der Waals surface area (Å²) in [5.41, 5.74) is 3.59. The van der Waals surface area contributed by atoms with Gasteiger partial charge in [0.1, 0.15) is 5.75 Å². The standard InChI is InChI=1S/C32H44O/c1-3-5-7-8-10-26-33-32-24-22-31(23-25-32)30-20-18-29(19-21-30)17-16-28-14-12-27(13-15-28)11-9-6-4-2/h18-25,27-28H,3-15,26H2,1-2H3/t27-,28-. The summed E-state index contributed by atoms with van der Waals surface area (Å²) in [5, 5.41) is 0. The molecule has 3 rings (SSSR count). The highest BCUT2D eigenvalue weighted by molar-refractivity contribution is 5.65. The van der Waals surface area contributed by atoms with Gasteiger partial charge in [0.2, 0.25) is 0 Å². The van der Waals surface area contributed by atoms with Gasteiger partial charge in [-0.1, -0.05) is 101 Å². The van der Waals surface area contributed by atoms with Crippen molar-refractivity contribution >= 4 is 0 Å². The van der Waals surface area contributed by atoms with Gasteiger partial charge in [0.15, 0.2) is 0 Å². The number of hydrogen-bond acceptors (Lipinski definition) is 1. The van der Waals surface area contributed by atoms with E-state index in [9.17, 15) is 0 Å². The van der Waals surface area contributed by atoms with Crippen LogP contribution < -0.4 is 4.74 Å². The molecule has 1 fully saturated rings.